The molecule has 0 aromatic heterocycles. The SMILES string of the molecule is Cc1cc(F)ccc1C1C(CN2CCC2)CCN1C(=O)O. The van der Waals surface area contributed by atoms with Gasteiger partial charge in [-0.3, -0.25) is 0 Å². The maximum Gasteiger partial charge on any atom is 0.407 e. The average molecular weight is 292 g/mol. The van der Waals surface area contributed by atoms with Crippen LogP contribution in [0.5, 0.6) is 0 Å². The predicted molar refractivity (Wildman–Crippen MR) is 77.8 cm³/mol. The van der Waals surface area contributed by atoms with Crippen molar-refractivity contribution in [2.45, 2.75) is 25.8 Å². The van der Waals surface area contributed by atoms with Crippen LogP contribution < -0.4 is 0 Å². The number of hydrogen-bond donors (Lipinski definition) is 1. The summed E-state index contributed by atoms with van der Waals surface area (Å²) in [6.07, 6.45) is 1.23. The summed E-state index contributed by atoms with van der Waals surface area (Å²) in [4.78, 5) is 15.4. The number of hydrogen-bond acceptors (Lipinski definition) is 2. The first-order chi connectivity index (χ1) is 10.1. The first-order valence-corrected chi connectivity index (χ1v) is 7.54. The number of aryl methyl sites for hydroxylation is 1. The molecule has 2 fully saturated rings. The average Bonchev–Trinajstić information content (AvgIpc) is 2.77. The van der Waals surface area contributed by atoms with Crippen LogP contribution in [0.2, 0.25) is 0 Å². The highest BCUT2D eigenvalue weighted by atomic mass is 19.1. The van der Waals surface area contributed by atoms with Crippen molar-refractivity contribution in [1.82, 2.24) is 9.80 Å². The van der Waals surface area contributed by atoms with E-state index in [0.717, 1.165) is 37.2 Å². The van der Waals surface area contributed by atoms with Crippen LogP contribution >= 0.6 is 0 Å². The molecule has 2 atom stereocenters. The first kappa shape index (κ1) is 14.3. The van der Waals surface area contributed by atoms with Crippen molar-refractivity contribution in [2.24, 2.45) is 5.92 Å². The molecule has 21 heavy (non-hydrogen) atoms. The van der Waals surface area contributed by atoms with Crippen molar-refractivity contribution < 1.29 is 14.3 Å². The van der Waals surface area contributed by atoms with Crippen molar-refractivity contribution in [3.63, 3.8) is 0 Å². The molecule has 0 aliphatic carbocycles. The van der Waals surface area contributed by atoms with Gasteiger partial charge in [-0.25, -0.2) is 9.18 Å². The van der Waals surface area contributed by atoms with Crippen LogP contribution in [0.1, 0.15) is 30.0 Å². The minimum Gasteiger partial charge on any atom is -0.465 e. The summed E-state index contributed by atoms with van der Waals surface area (Å²) in [7, 11) is 0. The largest absolute Gasteiger partial charge is 0.465 e. The van der Waals surface area contributed by atoms with Crippen molar-refractivity contribution >= 4 is 6.09 Å². The second-order valence-electron chi connectivity index (χ2n) is 6.12. The molecule has 0 spiro atoms. The van der Waals surface area contributed by atoms with Gasteiger partial charge in [-0.15, -0.1) is 0 Å². The van der Waals surface area contributed by atoms with Gasteiger partial charge in [0.15, 0.2) is 0 Å². The number of likely N-dealkylation sites (tertiary alicyclic amines) is 2. The zero-order chi connectivity index (χ0) is 15.0. The van der Waals surface area contributed by atoms with Gasteiger partial charge in [0, 0.05) is 13.1 Å². The number of rotatable bonds is 3. The van der Waals surface area contributed by atoms with E-state index in [1.165, 1.54) is 23.5 Å². The molecule has 0 bridgehead atoms. The third-order valence-corrected chi connectivity index (χ3v) is 4.76. The number of benzene rings is 1. The molecule has 2 saturated heterocycles. The summed E-state index contributed by atoms with van der Waals surface area (Å²) >= 11 is 0. The van der Waals surface area contributed by atoms with Crippen LogP contribution in [-0.4, -0.2) is 47.2 Å². The number of amides is 1. The quantitative estimate of drug-likeness (QED) is 0.931. The van der Waals surface area contributed by atoms with E-state index in [-0.39, 0.29) is 11.9 Å². The Kier molecular flexibility index (Phi) is 3.85. The molecule has 5 heteroatoms. The van der Waals surface area contributed by atoms with Crippen LogP contribution in [0.4, 0.5) is 9.18 Å². The van der Waals surface area contributed by atoms with Crippen molar-refractivity contribution in [2.75, 3.05) is 26.2 Å². The summed E-state index contributed by atoms with van der Waals surface area (Å²) in [6.45, 7) is 5.58. The second kappa shape index (κ2) is 5.64. The van der Waals surface area contributed by atoms with Gasteiger partial charge in [-0.2, -0.15) is 0 Å². The van der Waals surface area contributed by atoms with Gasteiger partial charge in [0.25, 0.3) is 0 Å². The fourth-order valence-corrected chi connectivity index (χ4v) is 3.55. The molecular formula is C16H21FN2O2. The third-order valence-electron chi connectivity index (χ3n) is 4.76. The summed E-state index contributed by atoms with van der Waals surface area (Å²) in [6, 6.07) is 4.53. The summed E-state index contributed by atoms with van der Waals surface area (Å²) in [5.41, 5.74) is 1.78. The molecule has 2 aliphatic heterocycles. The van der Waals surface area contributed by atoms with E-state index >= 15 is 0 Å². The molecule has 1 aromatic rings. The Labute approximate surface area is 124 Å². The fourth-order valence-electron chi connectivity index (χ4n) is 3.55. The van der Waals surface area contributed by atoms with Crippen molar-refractivity contribution in [3.05, 3.63) is 35.1 Å². The van der Waals surface area contributed by atoms with Crippen LogP contribution in [0.3, 0.4) is 0 Å². The molecule has 2 aliphatic rings. The Hall–Kier alpha value is -1.62. The van der Waals surface area contributed by atoms with Crippen LogP contribution in [0, 0.1) is 18.7 Å². The second-order valence-corrected chi connectivity index (χ2v) is 6.12. The minimum atomic E-state index is -0.880. The molecule has 3 rings (SSSR count). The lowest BCUT2D eigenvalue weighted by molar-refractivity contribution is 0.114. The number of nitrogens with zero attached hydrogens (tertiary/aromatic N) is 2. The first-order valence-electron chi connectivity index (χ1n) is 7.54. The molecule has 2 heterocycles. The van der Waals surface area contributed by atoms with E-state index in [2.05, 4.69) is 4.90 Å². The van der Waals surface area contributed by atoms with E-state index in [0.29, 0.717) is 12.5 Å². The van der Waals surface area contributed by atoms with Crippen LogP contribution in [-0.2, 0) is 0 Å². The predicted octanol–water partition coefficient (Wildman–Crippen LogP) is 2.88. The minimum absolute atomic E-state index is 0.149. The number of carbonyl (C=O) groups is 1. The van der Waals surface area contributed by atoms with E-state index in [9.17, 15) is 14.3 Å². The molecule has 0 saturated carbocycles. The highest BCUT2D eigenvalue weighted by molar-refractivity contribution is 5.66. The Morgan fingerprint density at radius 2 is 2.14 bits per heavy atom. The molecule has 114 valence electrons. The molecule has 1 amide bonds. The molecule has 2 unspecified atom stereocenters. The van der Waals surface area contributed by atoms with Gasteiger partial charge in [-0.1, -0.05) is 6.07 Å². The monoisotopic (exact) mass is 292 g/mol. The summed E-state index contributed by atoms with van der Waals surface area (Å²) < 4.78 is 13.3. The Morgan fingerprint density at radius 3 is 2.71 bits per heavy atom. The molecule has 4 nitrogen and oxygen atoms in total. The van der Waals surface area contributed by atoms with Crippen molar-refractivity contribution in [1.29, 1.82) is 0 Å². The third kappa shape index (κ3) is 2.75. The van der Waals surface area contributed by atoms with Gasteiger partial charge < -0.3 is 14.9 Å². The smallest absolute Gasteiger partial charge is 0.407 e. The lowest BCUT2D eigenvalue weighted by Crippen LogP contribution is -2.42. The van der Waals surface area contributed by atoms with Crippen LogP contribution in [0.25, 0.3) is 0 Å². The van der Waals surface area contributed by atoms with E-state index in [1.807, 2.05) is 6.92 Å². The lowest BCUT2D eigenvalue weighted by atomic mass is 9.90. The van der Waals surface area contributed by atoms with Crippen LogP contribution in [0.15, 0.2) is 18.2 Å². The Bertz CT molecular complexity index is 545. The topological polar surface area (TPSA) is 43.8 Å². The number of carboxylic acid groups (broad SMARTS) is 1. The molecular weight excluding hydrogens is 271 g/mol. The van der Waals surface area contributed by atoms with E-state index < -0.39 is 6.09 Å². The number of halogens is 1. The van der Waals surface area contributed by atoms with Gasteiger partial charge >= 0.3 is 6.09 Å². The summed E-state index contributed by atoms with van der Waals surface area (Å²) in [5.74, 6) is 0.0287. The lowest BCUT2D eigenvalue weighted by Gasteiger charge is -2.36. The highest BCUT2D eigenvalue weighted by Gasteiger charge is 2.40. The maximum atomic E-state index is 13.3. The standard InChI is InChI=1S/C16H21FN2O2/c1-11-9-13(17)3-4-14(11)15-12(10-18-6-2-7-18)5-8-19(15)16(20)21/h3-4,9,12,15H,2,5-8,10H2,1H3,(H,20,21). The molecule has 0 radical (unpaired) electrons. The Morgan fingerprint density at radius 1 is 1.38 bits per heavy atom. The molecule has 1 N–H and O–H groups in total. The van der Waals surface area contributed by atoms with Gasteiger partial charge in [-0.05, 0) is 62.0 Å². The highest BCUT2D eigenvalue weighted by Crippen LogP contribution is 2.39. The Balaban J connectivity index is 1.88. The normalized spacial score (nSPS) is 25.9. The van der Waals surface area contributed by atoms with E-state index in [4.69, 9.17) is 0 Å². The van der Waals surface area contributed by atoms with Gasteiger partial charge in [0.2, 0.25) is 0 Å². The van der Waals surface area contributed by atoms with Gasteiger partial charge in [0.05, 0.1) is 6.04 Å². The fraction of sp³-hybridized carbons (Fsp3) is 0.562. The summed E-state index contributed by atoms with van der Waals surface area (Å²) in [5, 5.41) is 9.45. The van der Waals surface area contributed by atoms with Crippen molar-refractivity contribution in [3.8, 4) is 0 Å². The maximum absolute atomic E-state index is 13.3. The zero-order valence-corrected chi connectivity index (χ0v) is 12.3. The van der Waals surface area contributed by atoms with E-state index in [1.54, 1.807) is 6.07 Å². The van der Waals surface area contributed by atoms with Gasteiger partial charge in [0.1, 0.15) is 5.82 Å². The molecule has 1 aromatic carbocycles. The zero-order valence-electron chi connectivity index (χ0n) is 12.3.